The number of morpholine rings is 1. The van der Waals surface area contributed by atoms with Crippen molar-refractivity contribution in [1.29, 1.82) is 0 Å². The van der Waals surface area contributed by atoms with E-state index >= 15 is 0 Å². The number of sulfonamides is 1. The summed E-state index contributed by atoms with van der Waals surface area (Å²) < 4.78 is 45.1. The number of anilines is 1. The molecule has 2 aromatic rings. The van der Waals surface area contributed by atoms with E-state index in [-0.39, 0.29) is 29.0 Å². The number of carbonyl (C=O) groups is 2. The van der Waals surface area contributed by atoms with Crippen LogP contribution in [0.4, 0.5) is 5.13 Å². The molecule has 214 valence electrons. The SMILES string of the molecule is COc1ccc(-c2sc(NC(=O)C3CCCC3)nc2C)cc1S(=O)(=O)NCCCN1CCOC(OC(C)=O)C1. The molecule has 13 heteroatoms. The van der Waals surface area contributed by atoms with Crippen LogP contribution in [0.25, 0.3) is 10.4 Å². The third-order valence-electron chi connectivity index (χ3n) is 6.83. The molecule has 39 heavy (non-hydrogen) atoms. The first-order valence-electron chi connectivity index (χ1n) is 13.1. The molecule has 2 heterocycles. The van der Waals surface area contributed by atoms with Gasteiger partial charge in [-0.25, -0.2) is 18.1 Å². The quantitative estimate of drug-likeness (QED) is 0.303. The van der Waals surface area contributed by atoms with Gasteiger partial charge in [-0.2, -0.15) is 0 Å². The largest absolute Gasteiger partial charge is 0.495 e. The summed E-state index contributed by atoms with van der Waals surface area (Å²) in [6.45, 7) is 5.59. The van der Waals surface area contributed by atoms with E-state index in [0.29, 0.717) is 49.1 Å². The number of benzene rings is 1. The zero-order valence-corrected chi connectivity index (χ0v) is 24.2. The van der Waals surface area contributed by atoms with Crippen molar-refractivity contribution >= 4 is 38.4 Å². The van der Waals surface area contributed by atoms with Crippen molar-refractivity contribution in [3.63, 3.8) is 0 Å². The molecule has 1 aromatic heterocycles. The van der Waals surface area contributed by atoms with Gasteiger partial charge >= 0.3 is 5.97 Å². The molecule has 1 aliphatic heterocycles. The Morgan fingerprint density at radius 1 is 1.26 bits per heavy atom. The van der Waals surface area contributed by atoms with Crippen LogP contribution in [0.3, 0.4) is 0 Å². The zero-order chi connectivity index (χ0) is 28.0. The first kappa shape index (κ1) is 29.4. The van der Waals surface area contributed by atoms with E-state index < -0.39 is 22.3 Å². The van der Waals surface area contributed by atoms with Crippen molar-refractivity contribution in [2.75, 3.05) is 45.2 Å². The van der Waals surface area contributed by atoms with Crippen LogP contribution in [-0.2, 0) is 29.1 Å². The Morgan fingerprint density at radius 2 is 2.03 bits per heavy atom. The Balaban J connectivity index is 1.40. The molecule has 0 spiro atoms. The fourth-order valence-electron chi connectivity index (χ4n) is 4.86. The minimum Gasteiger partial charge on any atom is -0.495 e. The van der Waals surface area contributed by atoms with Gasteiger partial charge < -0.3 is 19.5 Å². The summed E-state index contributed by atoms with van der Waals surface area (Å²) in [7, 11) is -2.44. The Labute approximate surface area is 233 Å². The number of hydrogen-bond acceptors (Lipinski definition) is 10. The number of ether oxygens (including phenoxy) is 3. The van der Waals surface area contributed by atoms with Crippen LogP contribution in [0.2, 0.25) is 0 Å². The van der Waals surface area contributed by atoms with Crippen LogP contribution < -0.4 is 14.8 Å². The third-order valence-corrected chi connectivity index (χ3v) is 9.43. The normalized spacial score (nSPS) is 18.7. The summed E-state index contributed by atoms with van der Waals surface area (Å²) in [4.78, 5) is 31.1. The number of thiazole rings is 1. The highest BCUT2D eigenvalue weighted by Gasteiger charge is 2.26. The number of esters is 1. The van der Waals surface area contributed by atoms with Crippen LogP contribution in [-0.4, -0.2) is 76.4 Å². The van der Waals surface area contributed by atoms with Crippen LogP contribution in [0.5, 0.6) is 5.75 Å². The number of aryl methyl sites for hydroxylation is 1. The molecule has 2 aliphatic rings. The maximum Gasteiger partial charge on any atom is 0.304 e. The Bertz CT molecular complexity index is 1280. The van der Waals surface area contributed by atoms with Crippen LogP contribution in [0.1, 0.15) is 44.7 Å². The van der Waals surface area contributed by atoms with Crippen molar-refractivity contribution < 1.29 is 32.2 Å². The van der Waals surface area contributed by atoms with Crippen LogP contribution in [0, 0.1) is 12.8 Å². The number of methoxy groups -OCH3 is 1. The van der Waals surface area contributed by atoms with Gasteiger partial charge in [0.2, 0.25) is 22.2 Å². The zero-order valence-electron chi connectivity index (χ0n) is 22.5. The molecule has 1 saturated heterocycles. The highest BCUT2D eigenvalue weighted by Crippen LogP contribution is 2.37. The topological polar surface area (TPSA) is 136 Å². The molecule has 4 rings (SSSR count). The molecule has 1 unspecified atom stereocenters. The summed E-state index contributed by atoms with van der Waals surface area (Å²) in [5.74, 6) is -0.140. The van der Waals surface area contributed by atoms with E-state index in [4.69, 9.17) is 14.2 Å². The van der Waals surface area contributed by atoms with Gasteiger partial charge in [-0.05, 0) is 56.5 Å². The predicted molar refractivity (Wildman–Crippen MR) is 147 cm³/mol. The summed E-state index contributed by atoms with van der Waals surface area (Å²) in [6, 6.07) is 5.00. The van der Waals surface area contributed by atoms with E-state index in [0.717, 1.165) is 30.6 Å². The standard InChI is InChI=1S/C26H36N4O7S2/c1-17-24(38-26(28-17)29-25(32)19-7-4-5-8-19)20-9-10-21(35-3)22(15-20)39(33,34)27-11-6-12-30-13-14-36-23(16-30)37-18(2)31/h9-10,15,19,23,27H,4-8,11-14,16H2,1-3H3,(H,28,29,32). The van der Waals surface area contributed by atoms with Gasteiger partial charge in [-0.1, -0.05) is 24.2 Å². The number of nitrogens with zero attached hydrogens (tertiary/aromatic N) is 2. The second kappa shape index (κ2) is 13.2. The van der Waals surface area contributed by atoms with Crippen LogP contribution in [0.15, 0.2) is 23.1 Å². The van der Waals surface area contributed by atoms with Gasteiger partial charge in [-0.15, -0.1) is 0 Å². The van der Waals surface area contributed by atoms with Gasteiger partial charge in [-0.3, -0.25) is 14.5 Å². The van der Waals surface area contributed by atoms with E-state index in [1.807, 2.05) is 6.92 Å². The van der Waals surface area contributed by atoms with Gasteiger partial charge in [0.15, 0.2) is 5.13 Å². The Hall–Kier alpha value is -2.58. The van der Waals surface area contributed by atoms with Gasteiger partial charge in [0.25, 0.3) is 0 Å². The number of nitrogens with one attached hydrogen (secondary N) is 2. The molecule has 1 atom stereocenters. The minimum absolute atomic E-state index is 0.00558. The van der Waals surface area contributed by atoms with Crippen molar-refractivity contribution in [1.82, 2.24) is 14.6 Å². The number of aromatic nitrogens is 1. The predicted octanol–water partition coefficient (Wildman–Crippen LogP) is 3.15. The second-order valence-corrected chi connectivity index (χ2v) is 12.5. The van der Waals surface area contributed by atoms with E-state index in [1.165, 1.54) is 25.4 Å². The third kappa shape index (κ3) is 7.76. The number of rotatable bonds is 11. The molecular formula is C26H36N4O7S2. The lowest BCUT2D eigenvalue weighted by molar-refractivity contribution is -0.192. The fourth-order valence-corrected chi connectivity index (χ4v) is 7.09. The Kier molecular flexibility index (Phi) is 9.94. The lowest BCUT2D eigenvalue weighted by Crippen LogP contribution is -2.45. The van der Waals surface area contributed by atoms with Gasteiger partial charge in [0.1, 0.15) is 10.6 Å². The highest BCUT2D eigenvalue weighted by molar-refractivity contribution is 7.89. The van der Waals surface area contributed by atoms with Crippen molar-refractivity contribution in [2.45, 2.75) is 57.1 Å². The number of hydrogen-bond donors (Lipinski definition) is 2. The second-order valence-electron chi connectivity index (χ2n) is 9.73. The summed E-state index contributed by atoms with van der Waals surface area (Å²) in [5.41, 5.74) is 1.39. The average Bonchev–Trinajstić information content (AvgIpc) is 3.56. The lowest BCUT2D eigenvalue weighted by Gasteiger charge is -2.32. The maximum absolute atomic E-state index is 13.3. The molecule has 2 N–H and O–H groups in total. The molecular weight excluding hydrogens is 544 g/mol. The van der Waals surface area contributed by atoms with Gasteiger partial charge in [0.05, 0.1) is 30.8 Å². The summed E-state index contributed by atoms with van der Waals surface area (Å²) in [5, 5.41) is 3.44. The number of carbonyl (C=O) groups excluding carboxylic acids is 2. The van der Waals surface area contributed by atoms with Crippen molar-refractivity contribution in [3.8, 4) is 16.2 Å². The van der Waals surface area contributed by atoms with Crippen LogP contribution >= 0.6 is 11.3 Å². The smallest absolute Gasteiger partial charge is 0.304 e. The molecule has 11 nitrogen and oxygen atoms in total. The molecule has 0 bridgehead atoms. The first-order chi connectivity index (χ1) is 18.7. The Morgan fingerprint density at radius 3 is 2.74 bits per heavy atom. The molecule has 2 fully saturated rings. The fraction of sp³-hybridized carbons (Fsp3) is 0.577. The van der Waals surface area contributed by atoms with Gasteiger partial charge in [0, 0.05) is 25.9 Å². The molecule has 1 saturated carbocycles. The average molecular weight is 581 g/mol. The number of amides is 1. The molecule has 1 aliphatic carbocycles. The van der Waals surface area contributed by atoms with E-state index in [9.17, 15) is 18.0 Å². The summed E-state index contributed by atoms with van der Waals surface area (Å²) in [6.07, 6.45) is 3.90. The highest BCUT2D eigenvalue weighted by atomic mass is 32.2. The van der Waals surface area contributed by atoms with E-state index in [1.54, 1.807) is 18.2 Å². The van der Waals surface area contributed by atoms with Crippen molar-refractivity contribution in [2.24, 2.45) is 5.92 Å². The lowest BCUT2D eigenvalue weighted by atomic mass is 10.1. The molecule has 1 amide bonds. The van der Waals surface area contributed by atoms with E-state index in [2.05, 4.69) is 19.9 Å². The maximum atomic E-state index is 13.3. The monoisotopic (exact) mass is 580 g/mol. The van der Waals surface area contributed by atoms with Crippen molar-refractivity contribution in [3.05, 3.63) is 23.9 Å². The molecule has 0 radical (unpaired) electrons. The molecule has 1 aromatic carbocycles. The minimum atomic E-state index is -3.87. The summed E-state index contributed by atoms with van der Waals surface area (Å²) >= 11 is 1.33. The first-order valence-corrected chi connectivity index (χ1v) is 15.4.